The average Bonchev–Trinajstić information content (AvgIpc) is 2.82. The first kappa shape index (κ1) is 19.4. The number of nitrogens with one attached hydrogen (secondary N) is 1. The normalized spacial score (nSPS) is 18.7. The number of hydrogen-bond acceptors (Lipinski definition) is 2. The summed E-state index contributed by atoms with van der Waals surface area (Å²) in [6.07, 6.45) is 0.788. The van der Waals surface area contributed by atoms with Crippen molar-refractivity contribution in [2.24, 2.45) is 4.99 Å². The van der Waals surface area contributed by atoms with Crippen LogP contribution in [0.3, 0.4) is 0 Å². The van der Waals surface area contributed by atoms with E-state index in [4.69, 9.17) is 4.99 Å². The van der Waals surface area contributed by atoms with E-state index in [-0.39, 0.29) is 5.54 Å². The van der Waals surface area contributed by atoms with E-state index in [0.29, 0.717) is 0 Å². The van der Waals surface area contributed by atoms with Gasteiger partial charge in [0.05, 0.1) is 22.6 Å². The van der Waals surface area contributed by atoms with Crippen molar-refractivity contribution in [2.45, 2.75) is 32.7 Å². The number of aliphatic imine (C=N–C) groups is 1. The van der Waals surface area contributed by atoms with Crippen LogP contribution in [-0.2, 0) is 5.54 Å². The zero-order chi connectivity index (χ0) is 19.9. The van der Waals surface area contributed by atoms with Crippen molar-refractivity contribution in [1.29, 1.82) is 0 Å². The van der Waals surface area contributed by atoms with Gasteiger partial charge in [-0.25, -0.2) is 0 Å². The Balaban J connectivity index is 1.93. The quantitative estimate of drug-likeness (QED) is 0.385. The number of fused-ring (bicyclic) bond motifs is 1. The van der Waals surface area contributed by atoms with E-state index in [0.717, 1.165) is 32.5 Å². The molecule has 1 aliphatic heterocycles. The highest BCUT2D eigenvalue weighted by Gasteiger charge is 2.33. The fourth-order valence-corrected chi connectivity index (χ4v) is 4.67. The summed E-state index contributed by atoms with van der Waals surface area (Å²) in [6, 6.07) is 21.2. The Bertz CT molecular complexity index is 1090. The van der Waals surface area contributed by atoms with Crippen LogP contribution < -0.4 is 5.32 Å². The third-order valence-electron chi connectivity index (χ3n) is 5.40. The maximum atomic E-state index is 5.11. The van der Waals surface area contributed by atoms with Crippen molar-refractivity contribution in [3.05, 3.63) is 91.9 Å². The summed E-state index contributed by atoms with van der Waals surface area (Å²) in [5.74, 6) is 0. The van der Waals surface area contributed by atoms with Gasteiger partial charge in [0.1, 0.15) is 0 Å². The van der Waals surface area contributed by atoms with Crippen LogP contribution in [-0.4, -0.2) is 5.71 Å². The number of hydrogen-bond donors (Lipinski definition) is 1. The molecule has 0 bridgehead atoms. The van der Waals surface area contributed by atoms with E-state index >= 15 is 0 Å². The van der Waals surface area contributed by atoms with Crippen molar-refractivity contribution in [2.75, 3.05) is 5.32 Å². The van der Waals surface area contributed by atoms with Gasteiger partial charge in [-0.15, -0.1) is 0 Å². The molecule has 1 atom stereocenters. The van der Waals surface area contributed by atoms with Crippen LogP contribution in [0.25, 0.3) is 0 Å². The summed E-state index contributed by atoms with van der Waals surface area (Å²) >= 11 is 7.29. The van der Waals surface area contributed by atoms with Crippen molar-refractivity contribution >= 4 is 48.9 Å². The molecule has 1 N–H and O–H groups in total. The van der Waals surface area contributed by atoms with Crippen molar-refractivity contribution in [3.8, 4) is 0 Å². The number of para-hydroxylation sites is 2. The second-order valence-electron chi connectivity index (χ2n) is 7.63. The maximum Gasteiger partial charge on any atom is 0.0864 e. The predicted molar refractivity (Wildman–Crippen MR) is 126 cm³/mol. The molecule has 1 unspecified atom stereocenters. The number of rotatable bonds is 2. The fourth-order valence-electron chi connectivity index (χ4n) is 3.95. The lowest BCUT2D eigenvalue weighted by Gasteiger charge is -2.33. The van der Waals surface area contributed by atoms with Crippen LogP contribution in [0.15, 0.2) is 74.6 Å². The van der Waals surface area contributed by atoms with Crippen LogP contribution in [0.5, 0.6) is 0 Å². The maximum absolute atomic E-state index is 5.11. The van der Waals surface area contributed by atoms with Gasteiger partial charge in [-0.05, 0) is 73.9 Å². The van der Waals surface area contributed by atoms with Crippen LogP contribution in [0.2, 0.25) is 0 Å². The fraction of sp³-hybridized carbons (Fsp3) is 0.208. The van der Waals surface area contributed by atoms with E-state index in [9.17, 15) is 0 Å². The van der Waals surface area contributed by atoms with E-state index in [1.165, 1.54) is 22.3 Å². The molecule has 3 aromatic rings. The Morgan fingerprint density at radius 1 is 0.893 bits per heavy atom. The third-order valence-corrected chi connectivity index (χ3v) is 6.38. The van der Waals surface area contributed by atoms with Crippen LogP contribution in [0, 0.1) is 13.8 Å². The second-order valence-corrected chi connectivity index (χ2v) is 9.46. The summed E-state index contributed by atoms with van der Waals surface area (Å²) < 4.78 is 2.16. The Morgan fingerprint density at radius 2 is 1.57 bits per heavy atom. The molecule has 0 radical (unpaired) electrons. The second kappa shape index (κ2) is 7.49. The molecule has 142 valence electrons. The molecular weight excluding hydrogens is 476 g/mol. The van der Waals surface area contributed by atoms with Gasteiger partial charge in [-0.1, -0.05) is 56.1 Å². The zero-order valence-electron chi connectivity index (χ0n) is 16.2. The molecule has 4 rings (SSSR count). The molecule has 3 aromatic carbocycles. The Morgan fingerprint density at radius 3 is 2.36 bits per heavy atom. The number of aryl methyl sites for hydroxylation is 2. The van der Waals surface area contributed by atoms with Gasteiger partial charge >= 0.3 is 0 Å². The highest BCUT2D eigenvalue weighted by atomic mass is 79.9. The molecule has 0 amide bonds. The highest BCUT2D eigenvalue weighted by molar-refractivity contribution is 9.10. The van der Waals surface area contributed by atoms with Crippen LogP contribution in [0.1, 0.15) is 35.6 Å². The summed E-state index contributed by atoms with van der Waals surface area (Å²) in [7, 11) is 0. The topological polar surface area (TPSA) is 24.4 Å². The summed E-state index contributed by atoms with van der Waals surface area (Å²) in [6.45, 7) is 6.59. The number of benzene rings is 3. The van der Waals surface area contributed by atoms with E-state index in [2.05, 4.69) is 113 Å². The molecule has 2 nitrogen and oxygen atoms in total. The Hall–Kier alpha value is -1.91. The predicted octanol–water partition coefficient (Wildman–Crippen LogP) is 7.68. The lowest BCUT2D eigenvalue weighted by molar-refractivity contribution is 0.567. The average molecular weight is 498 g/mol. The lowest BCUT2D eigenvalue weighted by atomic mass is 9.82. The molecule has 0 fully saturated rings. The number of nitrogens with zero attached hydrogens (tertiary/aromatic N) is 1. The standard InChI is InChI=1S/C24H22Br2N2/c1-15-8-10-17(25)12-19(15)23-14-24(3,20-13-18(26)11-9-16(20)2)28-22-7-5-4-6-21(22)27-23/h4-13,28H,14H2,1-3H3. The molecule has 4 heteroatoms. The first-order valence-corrected chi connectivity index (χ1v) is 10.9. The smallest absolute Gasteiger partial charge is 0.0864 e. The Kier molecular flexibility index (Phi) is 5.19. The van der Waals surface area contributed by atoms with Gasteiger partial charge in [0.2, 0.25) is 0 Å². The van der Waals surface area contributed by atoms with E-state index in [1.54, 1.807) is 0 Å². The van der Waals surface area contributed by atoms with Crippen LogP contribution in [0.4, 0.5) is 11.4 Å². The summed E-state index contributed by atoms with van der Waals surface area (Å²) in [4.78, 5) is 5.11. The van der Waals surface area contributed by atoms with Crippen molar-refractivity contribution in [1.82, 2.24) is 0 Å². The Labute approximate surface area is 183 Å². The van der Waals surface area contributed by atoms with Crippen molar-refractivity contribution in [3.63, 3.8) is 0 Å². The van der Waals surface area contributed by atoms with E-state index < -0.39 is 0 Å². The molecule has 0 saturated carbocycles. The highest BCUT2D eigenvalue weighted by Crippen LogP contribution is 2.41. The first-order chi connectivity index (χ1) is 13.4. The lowest BCUT2D eigenvalue weighted by Crippen LogP contribution is -2.34. The molecular formula is C24H22Br2N2. The largest absolute Gasteiger partial charge is 0.374 e. The van der Waals surface area contributed by atoms with Gasteiger partial charge in [-0.2, -0.15) is 0 Å². The van der Waals surface area contributed by atoms with Gasteiger partial charge in [0.25, 0.3) is 0 Å². The minimum absolute atomic E-state index is 0.284. The monoisotopic (exact) mass is 496 g/mol. The molecule has 28 heavy (non-hydrogen) atoms. The molecule has 1 aliphatic rings. The van der Waals surface area contributed by atoms with Gasteiger partial charge < -0.3 is 5.32 Å². The molecule has 0 spiro atoms. The molecule has 1 heterocycles. The molecule has 0 aromatic heterocycles. The third kappa shape index (κ3) is 3.68. The van der Waals surface area contributed by atoms with Gasteiger partial charge in [0, 0.05) is 20.9 Å². The molecule has 0 aliphatic carbocycles. The molecule has 0 saturated heterocycles. The number of anilines is 1. The zero-order valence-corrected chi connectivity index (χ0v) is 19.4. The SMILES string of the molecule is Cc1ccc(Br)cc1C1=Nc2ccccc2NC(C)(c2cc(Br)ccc2C)C1. The van der Waals surface area contributed by atoms with Gasteiger partial charge in [0.15, 0.2) is 0 Å². The van der Waals surface area contributed by atoms with Crippen LogP contribution >= 0.6 is 31.9 Å². The van der Waals surface area contributed by atoms with Gasteiger partial charge in [-0.3, -0.25) is 4.99 Å². The minimum atomic E-state index is -0.284. The number of halogens is 2. The van der Waals surface area contributed by atoms with E-state index in [1.807, 2.05) is 6.07 Å². The van der Waals surface area contributed by atoms with Crippen molar-refractivity contribution < 1.29 is 0 Å². The minimum Gasteiger partial charge on any atom is -0.374 e. The summed E-state index contributed by atoms with van der Waals surface area (Å²) in [5, 5.41) is 3.81. The summed E-state index contributed by atoms with van der Waals surface area (Å²) in [5.41, 5.74) is 7.82. The first-order valence-electron chi connectivity index (χ1n) is 9.34.